The molecule has 2 aliphatic rings. The molecule has 1 aliphatic carbocycles. The first-order valence-electron chi connectivity index (χ1n) is 9.82. The van der Waals surface area contributed by atoms with Gasteiger partial charge in [-0.2, -0.15) is 0 Å². The van der Waals surface area contributed by atoms with Crippen molar-refractivity contribution in [2.24, 2.45) is 11.8 Å². The number of benzene rings is 1. The zero-order valence-corrected chi connectivity index (χ0v) is 15.8. The van der Waals surface area contributed by atoms with Crippen LogP contribution < -0.4 is 5.32 Å². The lowest BCUT2D eigenvalue weighted by molar-refractivity contribution is -0.154. The monoisotopic (exact) mass is 386 g/mol. The Bertz CT molecular complexity index is 740. The number of ketones is 1. The molecule has 1 aromatic rings. The molecule has 3 rings (SSSR count). The van der Waals surface area contributed by atoms with Gasteiger partial charge in [0.25, 0.3) is 0 Å². The van der Waals surface area contributed by atoms with Crippen LogP contribution in [0.25, 0.3) is 0 Å². The predicted molar refractivity (Wildman–Crippen MR) is 101 cm³/mol. The average Bonchev–Trinajstić information content (AvgIpc) is 2.68. The minimum absolute atomic E-state index is 0.0439. The summed E-state index contributed by atoms with van der Waals surface area (Å²) in [4.78, 5) is 49.4. The van der Waals surface area contributed by atoms with Gasteiger partial charge in [-0.15, -0.1) is 0 Å². The number of carboxylic acid groups (broad SMARTS) is 1. The van der Waals surface area contributed by atoms with E-state index in [0.29, 0.717) is 12.5 Å². The van der Waals surface area contributed by atoms with E-state index in [-0.39, 0.29) is 12.5 Å². The van der Waals surface area contributed by atoms with Gasteiger partial charge in [-0.1, -0.05) is 30.3 Å². The molecule has 1 aliphatic heterocycles. The second kappa shape index (κ2) is 8.99. The fourth-order valence-electron chi connectivity index (χ4n) is 4.28. The molecule has 2 fully saturated rings. The molecule has 2 N–H and O–H groups in total. The summed E-state index contributed by atoms with van der Waals surface area (Å²) in [5.41, 5.74) is 1.32. The SMILES string of the molecule is O=C(O)CNC(=O)C1C(=O)CCN(C2CCC(Cc3ccccc3)CC2)C1=O. The molecular formula is C21H26N2O5. The third kappa shape index (κ3) is 4.77. The maximum atomic E-state index is 12.8. The number of likely N-dealkylation sites (tertiary alicyclic amines) is 1. The van der Waals surface area contributed by atoms with E-state index < -0.39 is 36.0 Å². The molecule has 7 nitrogen and oxygen atoms in total. The minimum atomic E-state index is -1.41. The van der Waals surface area contributed by atoms with Crippen molar-refractivity contribution in [2.75, 3.05) is 13.1 Å². The van der Waals surface area contributed by atoms with Gasteiger partial charge in [0.05, 0.1) is 0 Å². The molecule has 1 saturated heterocycles. The maximum absolute atomic E-state index is 12.8. The van der Waals surface area contributed by atoms with Gasteiger partial charge in [0.15, 0.2) is 11.7 Å². The van der Waals surface area contributed by atoms with Gasteiger partial charge in [-0.05, 0) is 43.6 Å². The van der Waals surface area contributed by atoms with Crippen molar-refractivity contribution in [1.82, 2.24) is 10.2 Å². The Morgan fingerprint density at radius 1 is 1.07 bits per heavy atom. The van der Waals surface area contributed by atoms with Crippen LogP contribution in [0, 0.1) is 11.8 Å². The highest BCUT2D eigenvalue weighted by Crippen LogP contribution is 2.32. The lowest BCUT2D eigenvalue weighted by atomic mass is 9.80. The van der Waals surface area contributed by atoms with Gasteiger partial charge < -0.3 is 15.3 Å². The van der Waals surface area contributed by atoms with Gasteiger partial charge in [0.2, 0.25) is 11.8 Å². The predicted octanol–water partition coefficient (Wildman–Crippen LogP) is 1.41. The van der Waals surface area contributed by atoms with Crippen LogP contribution in [-0.4, -0.2) is 52.7 Å². The fraction of sp³-hybridized carbons (Fsp3) is 0.524. The highest BCUT2D eigenvalue weighted by molar-refractivity contribution is 6.19. The standard InChI is InChI=1S/C21H26N2O5/c24-17-10-11-23(21(28)19(17)20(27)22-13-18(25)26)16-8-6-15(7-9-16)12-14-4-2-1-3-5-14/h1-5,15-16,19H,6-13H2,(H,22,27)(H,25,26). The first-order valence-corrected chi connectivity index (χ1v) is 9.82. The number of hydrogen-bond donors (Lipinski definition) is 2. The molecule has 150 valence electrons. The van der Waals surface area contributed by atoms with E-state index in [1.54, 1.807) is 4.90 Å². The van der Waals surface area contributed by atoms with Crippen LogP contribution in [0.15, 0.2) is 30.3 Å². The highest BCUT2D eigenvalue weighted by Gasteiger charge is 2.43. The Kier molecular flexibility index (Phi) is 6.44. The molecule has 1 heterocycles. The first kappa shape index (κ1) is 20.0. The van der Waals surface area contributed by atoms with Crippen molar-refractivity contribution in [3.05, 3.63) is 35.9 Å². The zero-order valence-electron chi connectivity index (χ0n) is 15.8. The lowest BCUT2D eigenvalue weighted by Gasteiger charge is -2.40. The van der Waals surface area contributed by atoms with Crippen LogP contribution in [0.4, 0.5) is 0 Å². The number of carboxylic acids is 1. The second-order valence-corrected chi connectivity index (χ2v) is 7.66. The Hall–Kier alpha value is -2.70. The Morgan fingerprint density at radius 2 is 1.75 bits per heavy atom. The largest absolute Gasteiger partial charge is 0.480 e. The van der Waals surface area contributed by atoms with E-state index in [9.17, 15) is 19.2 Å². The van der Waals surface area contributed by atoms with Crippen molar-refractivity contribution in [3.63, 3.8) is 0 Å². The number of nitrogens with zero attached hydrogens (tertiary/aromatic N) is 1. The number of amides is 2. The zero-order chi connectivity index (χ0) is 20.1. The van der Waals surface area contributed by atoms with Crippen molar-refractivity contribution >= 4 is 23.6 Å². The Labute approximate surface area is 164 Å². The smallest absolute Gasteiger partial charge is 0.322 e. The molecule has 1 aromatic carbocycles. The molecule has 0 spiro atoms. The topological polar surface area (TPSA) is 104 Å². The Balaban J connectivity index is 1.56. The number of carbonyl (C=O) groups is 4. The molecular weight excluding hydrogens is 360 g/mol. The highest BCUT2D eigenvalue weighted by atomic mass is 16.4. The molecule has 2 amide bonds. The van der Waals surface area contributed by atoms with E-state index in [2.05, 4.69) is 17.4 Å². The van der Waals surface area contributed by atoms with E-state index >= 15 is 0 Å². The summed E-state index contributed by atoms with van der Waals surface area (Å²) in [6.45, 7) is -0.255. The summed E-state index contributed by atoms with van der Waals surface area (Å²) in [6.07, 6.45) is 4.91. The fourth-order valence-corrected chi connectivity index (χ4v) is 4.28. The summed E-state index contributed by atoms with van der Waals surface area (Å²) in [5.74, 6) is -3.75. The Morgan fingerprint density at radius 3 is 2.39 bits per heavy atom. The van der Waals surface area contributed by atoms with Crippen molar-refractivity contribution in [1.29, 1.82) is 0 Å². The van der Waals surface area contributed by atoms with E-state index in [4.69, 9.17) is 5.11 Å². The van der Waals surface area contributed by atoms with Crippen molar-refractivity contribution in [3.8, 4) is 0 Å². The summed E-state index contributed by atoms with van der Waals surface area (Å²) >= 11 is 0. The van der Waals surface area contributed by atoms with Crippen LogP contribution in [-0.2, 0) is 25.6 Å². The van der Waals surface area contributed by atoms with Crippen LogP contribution in [0.5, 0.6) is 0 Å². The van der Waals surface area contributed by atoms with E-state index in [1.165, 1.54) is 5.56 Å². The number of nitrogens with one attached hydrogen (secondary N) is 1. The van der Waals surface area contributed by atoms with Gasteiger partial charge in [0, 0.05) is 19.0 Å². The number of carbonyl (C=O) groups excluding carboxylic acids is 3. The first-order chi connectivity index (χ1) is 13.5. The number of aliphatic carboxylic acids is 1. The van der Waals surface area contributed by atoms with Crippen LogP contribution in [0.2, 0.25) is 0 Å². The normalized spacial score (nSPS) is 25.4. The molecule has 0 aromatic heterocycles. The molecule has 0 bridgehead atoms. The minimum Gasteiger partial charge on any atom is -0.480 e. The van der Waals surface area contributed by atoms with Gasteiger partial charge in [-0.25, -0.2) is 0 Å². The molecule has 7 heteroatoms. The summed E-state index contributed by atoms with van der Waals surface area (Å²) in [6, 6.07) is 10.4. The number of rotatable bonds is 6. The van der Waals surface area contributed by atoms with Crippen molar-refractivity contribution < 1.29 is 24.3 Å². The molecule has 1 saturated carbocycles. The second-order valence-electron chi connectivity index (χ2n) is 7.66. The molecule has 28 heavy (non-hydrogen) atoms. The van der Waals surface area contributed by atoms with E-state index in [0.717, 1.165) is 32.1 Å². The summed E-state index contributed by atoms with van der Waals surface area (Å²) in [7, 11) is 0. The van der Waals surface area contributed by atoms with Gasteiger partial charge in [0.1, 0.15) is 6.54 Å². The van der Waals surface area contributed by atoms with Crippen molar-refractivity contribution in [2.45, 2.75) is 44.6 Å². The lowest BCUT2D eigenvalue weighted by Crippen LogP contribution is -2.56. The third-order valence-corrected chi connectivity index (χ3v) is 5.75. The maximum Gasteiger partial charge on any atom is 0.322 e. The molecule has 1 atom stereocenters. The summed E-state index contributed by atoms with van der Waals surface area (Å²) in [5, 5.41) is 10.8. The van der Waals surface area contributed by atoms with Crippen LogP contribution >= 0.6 is 0 Å². The quantitative estimate of drug-likeness (QED) is 0.720. The van der Waals surface area contributed by atoms with Crippen LogP contribution in [0.3, 0.4) is 0 Å². The molecule has 1 unspecified atom stereocenters. The number of hydrogen-bond acceptors (Lipinski definition) is 4. The van der Waals surface area contributed by atoms with Crippen LogP contribution in [0.1, 0.15) is 37.7 Å². The number of piperidine rings is 1. The average molecular weight is 386 g/mol. The number of Topliss-reactive ketones (excluding diaryl/α,β-unsaturated/α-hetero) is 1. The van der Waals surface area contributed by atoms with Gasteiger partial charge in [-0.3, -0.25) is 19.2 Å². The van der Waals surface area contributed by atoms with E-state index in [1.807, 2.05) is 18.2 Å². The molecule has 0 radical (unpaired) electrons. The summed E-state index contributed by atoms with van der Waals surface area (Å²) < 4.78 is 0. The third-order valence-electron chi connectivity index (χ3n) is 5.75. The van der Waals surface area contributed by atoms with Gasteiger partial charge >= 0.3 is 5.97 Å².